The summed E-state index contributed by atoms with van der Waals surface area (Å²) in [5, 5.41) is 20.0. The highest BCUT2D eigenvalue weighted by atomic mass is 16.3. The van der Waals surface area contributed by atoms with Gasteiger partial charge in [0.2, 0.25) is 0 Å². The number of aromatic hydroxyl groups is 2. The number of hydrogen-bond donors (Lipinski definition) is 3. The molecular weight excluding hydrogens is 214 g/mol. The predicted molar refractivity (Wildman–Crippen MR) is 68.2 cm³/mol. The second-order valence-electron chi connectivity index (χ2n) is 5.28. The van der Waals surface area contributed by atoms with E-state index in [0.29, 0.717) is 5.56 Å². The SMILES string of the molecule is Cc1cc(C2(N)CCCCC2)c(O)c(O)c1C. The van der Waals surface area contributed by atoms with Crippen molar-refractivity contribution in [3.63, 3.8) is 0 Å². The Labute approximate surface area is 102 Å². The third-order valence-corrected chi connectivity index (χ3v) is 4.07. The molecule has 3 nitrogen and oxygen atoms in total. The molecule has 0 unspecified atom stereocenters. The van der Waals surface area contributed by atoms with Crippen LogP contribution < -0.4 is 5.73 Å². The Kier molecular flexibility index (Phi) is 3.04. The van der Waals surface area contributed by atoms with Gasteiger partial charge in [-0.05, 0) is 43.9 Å². The van der Waals surface area contributed by atoms with Gasteiger partial charge in [-0.15, -0.1) is 0 Å². The molecule has 0 bridgehead atoms. The molecule has 1 aromatic rings. The zero-order valence-corrected chi connectivity index (χ0v) is 10.6. The second-order valence-corrected chi connectivity index (χ2v) is 5.28. The average molecular weight is 235 g/mol. The normalized spacial score (nSPS) is 19.2. The fourth-order valence-corrected chi connectivity index (χ4v) is 2.72. The van der Waals surface area contributed by atoms with Crippen LogP contribution in [0.3, 0.4) is 0 Å². The van der Waals surface area contributed by atoms with E-state index >= 15 is 0 Å². The molecule has 94 valence electrons. The fourth-order valence-electron chi connectivity index (χ4n) is 2.72. The first-order valence-corrected chi connectivity index (χ1v) is 6.27. The van der Waals surface area contributed by atoms with Gasteiger partial charge in [0.1, 0.15) is 0 Å². The van der Waals surface area contributed by atoms with E-state index in [4.69, 9.17) is 5.73 Å². The maximum atomic E-state index is 10.1. The molecule has 2 rings (SSSR count). The maximum Gasteiger partial charge on any atom is 0.162 e. The van der Waals surface area contributed by atoms with Crippen molar-refractivity contribution in [2.24, 2.45) is 5.73 Å². The number of aryl methyl sites for hydroxylation is 1. The van der Waals surface area contributed by atoms with Gasteiger partial charge in [0.05, 0.1) is 0 Å². The van der Waals surface area contributed by atoms with Gasteiger partial charge in [0.15, 0.2) is 11.5 Å². The molecule has 0 aliphatic heterocycles. The molecule has 1 aromatic carbocycles. The van der Waals surface area contributed by atoms with E-state index in [1.807, 2.05) is 13.0 Å². The van der Waals surface area contributed by atoms with Gasteiger partial charge in [0.25, 0.3) is 0 Å². The van der Waals surface area contributed by atoms with Gasteiger partial charge in [-0.3, -0.25) is 0 Å². The van der Waals surface area contributed by atoms with E-state index in [0.717, 1.165) is 36.8 Å². The minimum Gasteiger partial charge on any atom is -0.504 e. The van der Waals surface area contributed by atoms with E-state index in [-0.39, 0.29) is 11.5 Å². The van der Waals surface area contributed by atoms with Crippen molar-refractivity contribution in [1.82, 2.24) is 0 Å². The Hall–Kier alpha value is -1.22. The fraction of sp³-hybridized carbons (Fsp3) is 0.571. The molecule has 1 aliphatic rings. The third kappa shape index (κ3) is 2.00. The van der Waals surface area contributed by atoms with Crippen LogP contribution >= 0.6 is 0 Å². The van der Waals surface area contributed by atoms with Crippen molar-refractivity contribution >= 4 is 0 Å². The van der Waals surface area contributed by atoms with Crippen LogP contribution in [-0.2, 0) is 5.54 Å². The highest BCUT2D eigenvalue weighted by Crippen LogP contribution is 2.44. The summed E-state index contributed by atoms with van der Waals surface area (Å²) in [4.78, 5) is 0. The lowest BCUT2D eigenvalue weighted by molar-refractivity contribution is 0.287. The number of rotatable bonds is 1. The lowest BCUT2D eigenvalue weighted by Gasteiger charge is -2.35. The van der Waals surface area contributed by atoms with Crippen molar-refractivity contribution in [2.45, 2.75) is 51.5 Å². The van der Waals surface area contributed by atoms with Gasteiger partial charge < -0.3 is 15.9 Å². The van der Waals surface area contributed by atoms with Crippen LogP contribution in [0.1, 0.15) is 48.8 Å². The number of phenolic OH excluding ortho intramolecular Hbond substituents is 2. The molecule has 4 N–H and O–H groups in total. The highest BCUT2D eigenvalue weighted by Gasteiger charge is 2.33. The highest BCUT2D eigenvalue weighted by molar-refractivity contribution is 5.55. The van der Waals surface area contributed by atoms with Gasteiger partial charge >= 0.3 is 0 Å². The molecule has 0 saturated heterocycles. The average Bonchev–Trinajstić information content (AvgIpc) is 2.32. The van der Waals surface area contributed by atoms with E-state index < -0.39 is 5.54 Å². The first-order chi connectivity index (χ1) is 7.96. The van der Waals surface area contributed by atoms with E-state index in [1.165, 1.54) is 6.42 Å². The quantitative estimate of drug-likeness (QED) is 0.656. The van der Waals surface area contributed by atoms with E-state index in [2.05, 4.69) is 0 Å². The smallest absolute Gasteiger partial charge is 0.162 e. The second kappa shape index (κ2) is 4.22. The van der Waals surface area contributed by atoms with Crippen molar-refractivity contribution in [3.05, 3.63) is 22.8 Å². The maximum absolute atomic E-state index is 10.1. The number of hydrogen-bond acceptors (Lipinski definition) is 3. The van der Waals surface area contributed by atoms with Crippen LogP contribution in [0.5, 0.6) is 11.5 Å². The van der Waals surface area contributed by atoms with Crippen molar-refractivity contribution in [2.75, 3.05) is 0 Å². The molecule has 0 spiro atoms. The Morgan fingerprint density at radius 1 is 1.06 bits per heavy atom. The van der Waals surface area contributed by atoms with Crippen LogP contribution in [0.2, 0.25) is 0 Å². The number of phenols is 2. The summed E-state index contributed by atoms with van der Waals surface area (Å²) in [5.41, 5.74) is 8.34. The third-order valence-electron chi connectivity index (χ3n) is 4.07. The molecule has 1 saturated carbocycles. The van der Waals surface area contributed by atoms with Crippen molar-refractivity contribution in [1.29, 1.82) is 0 Å². The molecule has 17 heavy (non-hydrogen) atoms. The Morgan fingerprint density at radius 3 is 2.24 bits per heavy atom. The lowest BCUT2D eigenvalue weighted by Crippen LogP contribution is -2.38. The predicted octanol–water partition coefficient (Wildman–Crippen LogP) is 2.83. The molecule has 0 aromatic heterocycles. The largest absolute Gasteiger partial charge is 0.504 e. The Balaban J connectivity index is 2.51. The van der Waals surface area contributed by atoms with Gasteiger partial charge in [-0.25, -0.2) is 0 Å². The van der Waals surface area contributed by atoms with Crippen LogP contribution in [0.15, 0.2) is 6.07 Å². The summed E-state index contributed by atoms with van der Waals surface area (Å²) >= 11 is 0. The van der Waals surface area contributed by atoms with E-state index in [1.54, 1.807) is 6.92 Å². The standard InChI is InChI=1S/C14H21NO2/c1-9-8-11(13(17)12(16)10(9)2)14(15)6-4-3-5-7-14/h8,16-17H,3-7,15H2,1-2H3. The van der Waals surface area contributed by atoms with Gasteiger partial charge in [0, 0.05) is 11.1 Å². The van der Waals surface area contributed by atoms with Crippen molar-refractivity contribution in [3.8, 4) is 11.5 Å². The topological polar surface area (TPSA) is 66.5 Å². The first kappa shape index (κ1) is 12.2. The zero-order chi connectivity index (χ0) is 12.6. The first-order valence-electron chi connectivity index (χ1n) is 6.27. The molecule has 1 fully saturated rings. The van der Waals surface area contributed by atoms with Crippen molar-refractivity contribution < 1.29 is 10.2 Å². The summed E-state index contributed by atoms with van der Waals surface area (Å²) in [6, 6.07) is 1.93. The summed E-state index contributed by atoms with van der Waals surface area (Å²) in [7, 11) is 0. The summed E-state index contributed by atoms with van der Waals surface area (Å²) in [5.74, 6) is -0.0482. The molecule has 0 atom stereocenters. The summed E-state index contributed by atoms with van der Waals surface area (Å²) < 4.78 is 0. The van der Waals surface area contributed by atoms with Gasteiger partial charge in [-0.1, -0.05) is 19.3 Å². The minimum atomic E-state index is -0.474. The Bertz CT molecular complexity index is 434. The monoisotopic (exact) mass is 235 g/mol. The van der Waals surface area contributed by atoms with E-state index in [9.17, 15) is 10.2 Å². The van der Waals surface area contributed by atoms with Crippen LogP contribution in [0.4, 0.5) is 0 Å². The molecule has 1 aliphatic carbocycles. The zero-order valence-electron chi connectivity index (χ0n) is 10.6. The summed E-state index contributed by atoms with van der Waals surface area (Å²) in [6.45, 7) is 3.74. The van der Waals surface area contributed by atoms with Gasteiger partial charge in [-0.2, -0.15) is 0 Å². The van der Waals surface area contributed by atoms with Crippen LogP contribution in [0, 0.1) is 13.8 Å². The minimum absolute atomic E-state index is 0.0181. The van der Waals surface area contributed by atoms with Crippen LogP contribution in [-0.4, -0.2) is 10.2 Å². The lowest BCUT2D eigenvalue weighted by atomic mass is 9.76. The number of nitrogens with two attached hydrogens (primary N) is 1. The molecule has 0 heterocycles. The molecule has 0 radical (unpaired) electrons. The summed E-state index contributed by atoms with van der Waals surface area (Å²) in [6.07, 6.45) is 5.13. The Morgan fingerprint density at radius 2 is 1.65 bits per heavy atom. The van der Waals surface area contributed by atoms with Crippen LogP contribution in [0.25, 0.3) is 0 Å². The molecule has 0 amide bonds. The molecule has 3 heteroatoms. The number of benzene rings is 1. The molecular formula is C14H21NO2.